The van der Waals surface area contributed by atoms with Crippen LogP contribution in [0.2, 0.25) is 5.02 Å². The number of methoxy groups -OCH3 is 2. The number of nitrogens with zero attached hydrogens (tertiary/aromatic N) is 1. The van der Waals surface area contributed by atoms with Crippen molar-refractivity contribution in [2.24, 2.45) is 0 Å². The fraction of sp³-hybridized carbons (Fsp3) is 0.381. The number of carbonyl (C=O) groups is 1. The minimum atomic E-state index is -0.0634. The van der Waals surface area contributed by atoms with Gasteiger partial charge in [-0.15, -0.1) is 0 Å². The third-order valence-electron chi connectivity index (χ3n) is 4.67. The Hall–Kier alpha value is -2.44. The molecule has 1 aliphatic rings. The van der Waals surface area contributed by atoms with Crippen molar-refractivity contribution in [3.63, 3.8) is 0 Å². The SMILES string of the molecule is COc1ccc(CCC(=O)Nc2cc(Cl)ccc2N2CCOCC2)cc1OC. The number of nitrogens with one attached hydrogen (secondary N) is 1. The van der Waals surface area contributed by atoms with Crippen LogP contribution in [0.4, 0.5) is 11.4 Å². The first-order valence-electron chi connectivity index (χ1n) is 9.23. The van der Waals surface area contributed by atoms with E-state index in [2.05, 4.69) is 10.2 Å². The standard InChI is InChI=1S/C21H25ClN2O4/c1-26-19-7-3-15(13-20(19)27-2)4-8-21(25)23-17-14-16(22)5-6-18(17)24-9-11-28-12-10-24/h3,5-7,13-14H,4,8-12H2,1-2H3,(H,23,25). The third-order valence-corrected chi connectivity index (χ3v) is 4.91. The normalized spacial score (nSPS) is 13.9. The molecule has 0 radical (unpaired) electrons. The lowest BCUT2D eigenvalue weighted by atomic mass is 10.1. The molecule has 2 aromatic carbocycles. The molecule has 0 unspecified atom stereocenters. The van der Waals surface area contributed by atoms with Crippen LogP contribution in [0.5, 0.6) is 11.5 Å². The molecule has 2 aromatic rings. The number of benzene rings is 2. The Morgan fingerprint density at radius 1 is 1.11 bits per heavy atom. The van der Waals surface area contributed by atoms with Crippen LogP contribution in [-0.2, 0) is 16.0 Å². The van der Waals surface area contributed by atoms with E-state index in [0.717, 1.165) is 30.0 Å². The topological polar surface area (TPSA) is 60.0 Å². The summed E-state index contributed by atoms with van der Waals surface area (Å²) >= 11 is 6.15. The second-order valence-corrected chi connectivity index (χ2v) is 6.93. The molecule has 1 fully saturated rings. The predicted octanol–water partition coefficient (Wildman–Crippen LogP) is 3.77. The van der Waals surface area contributed by atoms with Crippen molar-refractivity contribution in [1.82, 2.24) is 0 Å². The molecule has 150 valence electrons. The number of hydrogen-bond acceptors (Lipinski definition) is 5. The molecule has 28 heavy (non-hydrogen) atoms. The van der Waals surface area contributed by atoms with Crippen LogP contribution in [0.3, 0.4) is 0 Å². The van der Waals surface area contributed by atoms with Crippen LogP contribution in [0.15, 0.2) is 36.4 Å². The molecule has 0 aromatic heterocycles. The number of rotatable bonds is 7. The minimum absolute atomic E-state index is 0.0634. The molecule has 1 amide bonds. The summed E-state index contributed by atoms with van der Waals surface area (Å²) in [4.78, 5) is 14.8. The van der Waals surface area contributed by atoms with Gasteiger partial charge in [-0.2, -0.15) is 0 Å². The zero-order valence-corrected chi connectivity index (χ0v) is 16.9. The summed E-state index contributed by atoms with van der Waals surface area (Å²) in [6.45, 7) is 2.93. The molecule has 0 aliphatic carbocycles. The number of morpholine rings is 1. The van der Waals surface area contributed by atoms with Gasteiger partial charge in [0, 0.05) is 24.5 Å². The zero-order valence-electron chi connectivity index (χ0n) is 16.2. The second-order valence-electron chi connectivity index (χ2n) is 6.50. The van der Waals surface area contributed by atoms with Crippen molar-refractivity contribution in [1.29, 1.82) is 0 Å². The Bertz CT molecular complexity index is 822. The van der Waals surface area contributed by atoms with Crippen LogP contribution >= 0.6 is 11.6 Å². The van der Waals surface area contributed by atoms with Gasteiger partial charge in [0.05, 0.1) is 38.8 Å². The average molecular weight is 405 g/mol. The van der Waals surface area contributed by atoms with E-state index >= 15 is 0 Å². The van der Waals surface area contributed by atoms with Crippen LogP contribution in [0, 0.1) is 0 Å². The van der Waals surface area contributed by atoms with E-state index in [0.29, 0.717) is 42.6 Å². The lowest BCUT2D eigenvalue weighted by Gasteiger charge is -2.30. The molecule has 0 atom stereocenters. The largest absolute Gasteiger partial charge is 0.493 e. The van der Waals surface area contributed by atoms with E-state index in [1.165, 1.54) is 0 Å². The molecule has 0 saturated carbocycles. The molecule has 1 N–H and O–H groups in total. The van der Waals surface area contributed by atoms with Gasteiger partial charge < -0.3 is 24.4 Å². The van der Waals surface area contributed by atoms with Gasteiger partial charge in [0.25, 0.3) is 0 Å². The first-order chi connectivity index (χ1) is 13.6. The van der Waals surface area contributed by atoms with Gasteiger partial charge in [-0.1, -0.05) is 17.7 Å². The molecule has 7 heteroatoms. The van der Waals surface area contributed by atoms with Crippen LogP contribution in [0.25, 0.3) is 0 Å². The van der Waals surface area contributed by atoms with Gasteiger partial charge in [-0.25, -0.2) is 0 Å². The first-order valence-corrected chi connectivity index (χ1v) is 9.61. The van der Waals surface area contributed by atoms with Crippen LogP contribution < -0.4 is 19.7 Å². The molecule has 0 spiro atoms. The fourth-order valence-electron chi connectivity index (χ4n) is 3.20. The highest BCUT2D eigenvalue weighted by Crippen LogP contribution is 2.31. The quantitative estimate of drug-likeness (QED) is 0.761. The molecule has 6 nitrogen and oxygen atoms in total. The summed E-state index contributed by atoms with van der Waals surface area (Å²) in [5.41, 5.74) is 2.70. The number of amides is 1. The highest BCUT2D eigenvalue weighted by Gasteiger charge is 2.17. The molecule has 1 saturated heterocycles. The van der Waals surface area contributed by atoms with Crippen molar-refractivity contribution in [2.75, 3.05) is 50.7 Å². The summed E-state index contributed by atoms with van der Waals surface area (Å²) in [7, 11) is 3.20. The summed E-state index contributed by atoms with van der Waals surface area (Å²) in [5, 5.41) is 3.60. The summed E-state index contributed by atoms with van der Waals surface area (Å²) in [6.07, 6.45) is 0.949. The van der Waals surface area contributed by atoms with Crippen molar-refractivity contribution >= 4 is 28.9 Å². The van der Waals surface area contributed by atoms with E-state index in [-0.39, 0.29) is 5.91 Å². The molecular formula is C21H25ClN2O4. The van der Waals surface area contributed by atoms with E-state index in [4.69, 9.17) is 25.8 Å². The van der Waals surface area contributed by atoms with Crippen LogP contribution in [-0.4, -0.2) is 46.4 Å². The van der Waals surface area contributed by atoms with Crippen molar-refractivity contribution in [2.45, 2.75) is 12.8 Å². The maximum Gasteiger partial charge on any atom is 0.224 e. The molecule has 1 aliphatic heterocycles. The van der Waals surface area contributed by atoms with E-state index in [1.807, 2.05) is 30.3 Å². The zero-order chi connectivity index (χ0) is 19.9. The van der Waals surface area contributed by atoms with Crippen LogP contribution in [0.1, 0.15) is 12.0 Å². The average Bonchev–Trinajstić information content (AvgIpc) is 2.72. The second kappa shape index (κ2) is 9.66. The fourth-order valence-corrected chi connectivity index (χ4v) is 3.37. The van der Waals surface area contributed by atoms with Crippen molar-refractivity contribution in [3.05, 3.63) is 47.0 Å². The highest BCUT2D eigenvalue weighted by molar-refractivity contribution is 6.31. The molecule has 1 heterocycles. The first kappa shape index (κ1) is 20.3. The van der Waals surface area contributed by atoms with Gasteiger partial charge in [-0.3, -0.25) is 4.79 Å². The number of carbonyl (C=O) groups excluding carboxylic acids is 1. The van der Waals surface area contributed by atoms with Gasteiger partial charge in [0.2, 0.25) is 5.91 Å². The lowest BCUT2D eigenvalue weighted by molar-refractivity contribution is -0.116. The smallest absolute Gasteiger partial charge is 0.224 e. The third kappa shape index (κ3) is 5.09. The van der Waals surface area contributed by atoms with Gasteiger partial charge in [0.15, 0.2) is 11.5 Å². The Morgan fingerprint density at radius 3 is 2.57 bits per heavy atom. The summed E-state index contributed by atoms with van der Waals surface area (Å²) in [6, 6.07) is 11.3. The maximum absolute atomic E-state index is 12.6. The number of halogens is 1. The number of hydrogen-bond donors (Lipinski definition) is 1. The monoisotopic (exact) mass is 404 g/mol. The van der Waals surface area contributed by atoms with Crippen molar-refractivity contribution < 1.29 is 19.0 Å². The van der Waals surface area contributed by atoms with Gasteiger partial charge in [0.1, 0.15) is 0 Å². The van der Waals surface area contributed by atoms with E-state index in [1.54, 1.807) is 20.3 Å². The Kier molecular flexibility index (Phi) is 7.01. The molecule has 3 rings (SSSR count). The summed E-state index contributed by atoms with van der Waals surface area (Å²) < 4.78 is 16.0. The predicted molar refractivity (Wildman–Crippen MR) is 111 cm³/mol. The van der Waals surface area contributed by atoms with Crippen molar-refractivity contribution in [3.8, 4) is 11.5 Å². The number of ether oxygens (including phenoxy) is 3. The minimum Gasteiger partial charge on any atom is -0.493 e. The Labute approximate surface area is 170 Å². The van der Waals surface area contributed by atoms with E-state index < -0.39 is 0 Å². The number of anilines is 2. The Morgan fingerprint density at radius 2 is 1.86 bits per heavy atom. The van der Waals surface area contributed by atoms with Gasteiger partial charge in [-0.05, 0) is 42.3 Å². The summed E-state index contributed by atoms with van der Waals surface area (Å²) in [5.74, 6) is 1.26. The maximum atomic E-state index is 12.6. The highest BCUT2D eigenvalue weighted by atomic mass is 35.5. The number of aryl methyl sites for hydroxylation is 1. The molecule has 0 bridgehead atoms. The van der Waals surface area contributed by atoms with Gasteiger partial charge >= 0.3 is 0 Å². The van der Waals surface area contributed by atoms with E-state index in [9.17, 15) is 4.79 Å². The lowest BCUT2D eigenvalue weighted by Crippen LogP contribution is -2.36. The Balaban J connectivity index is 1.65. The molecular weight excluding hydrogens is 380 g/mol.